The first-order chi connectivity index (χ1) is 8.17. The molecule has 1 saturated heterocycles. The summed E-state index contributed by atoms with van der Waals surface area (Å²) in [4.78, 5) is 5.50. The zero-order valence-electron chi connectivity index (χ0n) is 8.97. The van der Waals surface area contributed by atoms with Crippen LogP contribution in [0.5, 0.6) is 0 Å². The summed E-state index contributed by atoms with van der Waals surface area (Å²) < 4.78 is 5.32. The van der Waals surface area contributed by atoms with Gasteiger partial charge in [-0.1, -0.05) is 0 Å². The van der Waals surface area contributed by atoms with Gasteiger partial charge in [-0.15, -0.1) is 0 Å². The topological polar surface area (TPSA) is 118 Å². The van der Waals surface area contributed by atoms with E-state index in [1.54, 1.807) is 11.1 Å². The highest BCUT2D eigenvalue weighted by atomic mass is 16.6. The number of aliphatic imine (C=N–C) groups is 1. The molecular formula is C9H15N3O5. The minimum atomic E-state index is -1.13. The van der Waals surface area contributed by atoms with Crippen LogP contribution in [0.25, 0.3) is 0 Å². The molecular weight excluding hydrogens is 230 g/mol. The number of hydroxylamine groups is 1. The van der Waals surface area contributed by atoms with E-state index in [1.165, 1.54) is 6.08 Å². The van der Waals surface area contributed by atoms with Crippen molar-refractivity contribution in [1.29, 1.82) is 0 Å². The highest BCUT2D eigenvalue weighted by Crippen LogP contribution is 2.24. The summed E-state index contributed by atoms with van der Waals surface area (Å²) in [6.45, 7) is -0.190. The van der Waals surface area contributed by atoms with Crippen LogP contribution in [0.3, 0.4) is 0 Å². The van der Waals surface area contributed by atoms with Crippen molar-refractivity contribution in [3.8, 4) is 0 Å². The van der Waals surface area contributed by atoms with Crippen molar-refractivity contribution >= 4 is 5.84 Å². The Morgan fingerprint density at radius 1 is 1.47 bits per heavy atom. The summed E-state index contributed by atoms with van der Waals surface area (Å²) in [5.41, 5.74) is 1.90. The molecule has 1 fully saturated rings. The first-order valence-electron chi connectivity index (χ1n) is 5.18. The smallest absolute Gasteiger partial charge is 0.160 e. The van der Waals surface area contributed by atoms with E-state index in [2.05, 4.69) is 4.99 Å². The lowest BCUT2D eigenvalue weighted by molar-refractivity contribution is -0.0792. The van der Waals surface area contributed by atoms with Crippen LogP contribution < -0.4 is 5.48 Å². The molecule has 17 heavy (non-hydrogen) atoms. The Hall–Kier alpha value is -1.19. The molecule has 4 atom stereocenters. The third-order valence-electron chi connectivity index (χ3n) is 2.79. The fraction of sp³-hybridized carbons (Fsp3) is 0.667. The maximum Gasteiger partial charge on any atom is 0.160 e. The van der Waals surface area contributed by atoms with Crippen LogP contribution >= 0.6 is 0 Å². The van der Waals surface area contributed by atoms with Gasteiger partial charge in [0.15, 0.2) is 6.23 Å². The number of hydrogen-bond donors (Lipinski definition) is 5. The number of hydrogen-bond acceptors (Lipinski definition) is 8. The zero-order chi connectivity index (χ0) is 12.4. The van der Waals surface area contributed by atoms with Gasteiger partial charge in [-0.2, -0.15) is 0 Å². The molecule has 2 rings (SSSR count). The van der Waals surface area contributed by atoms with Gasteiger partial charge in [0, 0.05) is 6.20 Å². The Morgan fingerprint density at radius 2 is 2.24 bits per heavy atom. The van der Waals surface area contributed by atoms with E-state index in [0.29, 0.717) is 5.84 Å². The van der Waals surface area contributed by atoms with E-state index in [-0.39, 0.29) is 13.3 Å². The molecule has 0 spiro atoms. The number of nitrogens with one attached hydrogen (secondary N) is 1. The first-order valence-corrected chi connectivity index (χ1v) is 5.18. The van der Waals surface area contributed by atoms with Crippen LogP contribution in [-0.2, 0) is 4.74 Å². The molecule has 0 aromatic rings. The van der Waals surface area contributed by atoms with Crippen molar-refractivity contribution in [3.05, 3.63) is 12.3 Å². The third kappa shape index (κ3) is 2.26. The van der Waals surface area contributed by atoms with E-state index in [9.17, 15) is 10.2 Å². The molecule has 0 unspecified atom stereocenters. The van der Waals surface area contributed by atoms with Gasteiger partial charge in [0.25, 0.3) is 0 Å². The van der Waals surface area contributed by atoms with Gasteiger partial charge >= 0.3 is 0 Å². The summed E-state index contributed by atoms with van der Waals surface area (Å²) in [5, 5.41) is 36.9. The molecule has 0 aliphatic carbocycles. The Balaban J connectivity index is 2.01. The maximum absolute atomic E-state index is 9.76. The van der Waals surface area contributed by atoms with Crippen molar-refractivity contribution in [2.45, 2.75) is 24.5 Å². The summed E-state index contributed by atoms with van der Waals surface area (Å²) >= 11 is 0. The monoisotopic (exact) mass is 245 g/mol. The lowest BCUT2D eigenvalue weighted by Gasteiger charge is -2.29. The molecule has 0 radical (unpaired) electrons. The molecule has 0 saturated carbocycles. The van der Waals surface area contributed by atoms with E-state index >= 15 is 0 Å². The lowest BCUT2D eigenvalue weighted by atomic mass is 10.1. The number of rotatable bonds is 2. The maximum atomic E-state index is 9.76. The molecule has 2 aliphatic rings. The number of aliphatic hydroxyl groups excluding tert-OH is 3. The molecule has 0 amide bonds. The number of aliphatic hydroxyl groups is 3. The van der Waals surface area contributed by atoms with Gasteiger partial charge in [-0.05, 0) is 6.08 Å². The lowest BCUT2D eigenvalue weighted by Crippen LogP contribution is -2.43. The third-order valence-corrected chi connectivity index (χ3v) is 2.79. The second-order valence-corrected chi connectivity index (χ2v) is 3.86. The van der Waals surface area contributed by atoms with Gasteiger partial charge in [-0.3, -0.25) is 10.7 Å². The minimum absolute atomic E-state index is 0.173. The van der Waals surface area contributed by atoms with Crippen LogP contribution in [0.15, 0.2) is 17.3 Å². The molecule has 8 nitrogen and oxygen atoms in total. The molecule has 2 heterocycles. The quantitative estimate of drug-likeness (QED) is 0.344. The van der Waals surface area contributed by atoms with Crippen LogP contribution in [0.4, 0.5) is 0 Å². The Labute approximate surface area is 97.4 Å². The number of nitrogens with zero attached hydrogens (tertiary/aromatic N) is 2. The normalized spacial score (nSPS) is 37.2. The number of ether oxygens (including phenoxy) is 1. The largest absolute Gasteiger partial charge is 0.394 e. The molecule has 5 N–H and O–H groups in total. The summed E-state index contributed by atoms with van der Waals surface area (Å²) in [7, 11) is 0. The molecule has 0 bridgehead atoms. The Morgan fingerprint density at radius 3 is 2.71 bits per heavy atom. The fourth-order valence-electron chi connectivity index (χ4n) is 1.82. The fourth-order valence-corrected chi connectivity index (χ4v) is 1.82. The molecule has 96 valence electrons. The molecule has 2 aliphatic heterocycles. The number of amidine groups is 1. The van der Waals surface area contributed by atoms with E-state index in [1.807, 2.05) is 5.48 Å². The van der Waals surface area contributed by atoms with Crippen molar-refractivity contribution in [2.24, 2.45) is 4.99 Å². The van der Waals surface area contributed by atoms with Crippen molar-refractivity contribution in [1.82, 2.24) is 10.4 Å². The highest BCUT2D eigenvalue weighted by Gasteiger charge is 2.44. The Kier molecular flexibility index (Phi) is 3.60. The van der Waals surface area contributed by atoms with E-state index in [0.717, 1.165) is 0 Å². The van der Waals surface area contributed by atoms with Crippen LogP contribution in [0.2, 0.25) is 0 Å². The van der Waals surface area contributed by atoms with Gasteiger partial charge in [-0.25, -0.2) is 4.99 Å². The van der Waals surface area contributed by atoms with E-state index in [4.69, 9.17) is 15.1 Å². The Bertz CT molecular complexity index is 335. The summed E-state index contributed by atoms with van der Waals surface area (Å²) in [6.07, 6.45) is -0.730. The van der Waals surface area contributed by atoms with E-state index < -0.39 is 24.5 Å². The first kappa shape index (κ1) is 12.3. The van der Waals surface area contributed by atoms with Gasteiger partial charge in [0.05, 0.1) is 6.61 Å². The van der Waals surface area contributed by atoms with Crippen LogP contribution in [-0.4, -0.2) is 69.1 Å². The van der Waals surface area contributed by atoms with Gasteiger partial charge < -0.3 is 25.0 Å². The van der Waals surface area contributed by atoms with Crippen molar-refractivity contribution in [2.75, 3.05) is 13.3 Å². The average molecular weight is 245 g/mol. The predicted molar refractivity (Wildman–Crippen MR) is 56.0 cm³/mol. The molecule has 0 aromatic heterocycles. The summed E-state index contributed by atoms with van der Waals surface area (Å²) in [6, 6.07) is 0. The standard InChI is InChI=1S/C9H15N3O5/c13-3-5-7(14)8(15)9(17-5)12-2-1-6(11-16)10-4-12/h1-2,5,7-9,13-16H,3-4H2,(H,10,11)/t5-,7-,8-,9-/m1/s1. The SMILES string of the molecule is OC[C@H]1O[C@@H](N2C=CC(NO)=NC2)[C@H](O)[C@@H]1O. The second kappa shape index (κ2) is 4.98. The second-order valence-electron chi connectivity index (χ2n) is 3.86. The van der Waals surface area contributed by atoms with Gasteiger partial charge in [0.1, 0.15) is 30.8 Å². The van der Waals surface area contributed by atoms with Crippen molar-refractivity contribution < 1.29 is 25.3 Å². The van der Waals surface area contributed by atoms with Crippen molar-refractivity contribution in [3.63, 3.8) is 0 Å². The van der Waals surface area contributed by atoms with Gasteiger partial charge in [0.2, 0.25) is 0 Å². The zero-order valence-corrected chi connectivity index (χ0v) is 8.97. The summed E-state index contributed by atoms with van der Waals surface area (Å²) in [5.74, 6) is 0.299. The van der Waals surface area contributed by atoms with Crippen LogP contribution in [0.1, 0.15) is 0 Å². The molecule has 8 heteroatoms. The average Bonchev–Trinajstić information content (AvgIpc) is 2.66. The predicted octanol–water partition coefficient (Wildman–Crippen LogP) is -2.41. The minimum Gasteiger partial charge on any atom is -0.394 e. The highest BCUT2D eigenvalue weighted by molar-refractivity contribution is 5.92. The van der Waals surface area contributed by atoms with Crippen LogP contribution in [0, 0.1) is 0 Å². The molecule has 0 aromatic carbocycles.